The molecule has 0 fully saturated rings. The number of benzene rings is 1. The number of para-hydroxylation sites is 1. The number of nitrogens with one attached hydrogen (secondary N) is 1. The van der Waals surface area contributed by atoms with Gasteiger partial charge >= 0.3 is 0 Å². The summed E-state index contributed by atoms with van der Waals surface area (Å²) in [5, 5.41) is 11.9. The Morgan fingerprint density at radius 2 is 2.18 bits per heavy atom. The Hall–Kier alpha value is -3.00. The Bertz CT molecular complexity index is 921. The number of thioether (sulfide) groups is 1. The molecular formula is C20H22N4O3S. The molecule has 7 nitrogen and oxygen atoms in total. The van der Waals surface area contributed by atoms with E-state index >= 15 is 0 Å². The third-order valence-corrected chi connectivity index (χ3v) is 4.89. The highest BCUT2D eigenvalue weighted by Crippen LogP contribution is 2.20. The van der Waals surface area contributed by atoms with Crippen LogP contribution in [0.5, 0.6) is 5.75 Å². The van der Waals surface area contributed by atoms with Crippen LogP contribution in [0.25, 0.3) is 0 Å². The van der Waals surface area contributed by atoms with Gasteiger partial charge in [-0.05, 0) is 30.7 Å². The van der Waals surface area contributed by atoms with Crippen molar-refractivity contribution in [1.82, 2.24) is 20.1 Å². The van der Waals surface area contributed by atoms with Crippen molar-refractivity contribution in [2.24, 2.45) is 0 Å². The summed E-state index contributed by atoms with van der Waals surface area (Å²) < 4.78 is 13.0. The van der Waals surface area contributed by atoms with Crippen LogP contribution in [0.2, 0.25) is 0 Å². The van der Waals surface area contributed by atoms with Gasteiger partial charge in [0.2, 0.25) is 5.91 Å². The number of hydrogen-bond donors (Lipinski definition) is 1. The highest BCUT2D eigenvalue weighted by Gasteiger charge is 2.14. The number of furan rings is 1. The van der Waals surface area contributed by atoms with Crippen LogP contribution in [0.1, 0.15) is 17.1 Å². The molecule has 1 aromatic carbocycles. The van der Waals surface area contributed by atoms with Crippen LogP contribution in [-0.4, -0.2) is 26.4 Å². The van der Waals surface area contributed by atoms with E-state index in [-0.39, 0.29) is 18.3 Å². The lowest BCUT2D eigenvalue weighted by Gasteiger charge is -2.10. The molecule has 0 bridgehead atoms. The number of amides is 1. The minimum absolute atomic E-state index is 0.104. The Morgan fingerprint density at radius 3 is 2.93 bits per heavy atom. The molecule has 1 N–H and O–H groups in total. The first-order valence-electron chi connectivity index (χ1n) is 8.80. The number of allylic oxidation sites excluding steroid dienone is 1. The van der Waals surface area contributed by atoms with Gasteiger partial charge in [0.25, 0.3) is 0 Å². The van der Waals surface area contributed by atoms with Crippen LogP contribution >= 0.6 is 11.8 Å². The summed E-state index contributed by atoms with van der Waals surface area (Å²) in [6.45, 7) is 6.97. The lowest BCUT2D eigenvalue weighted by Crippen LogP contribution is -2.24. The smallest absolute Gasteiger partial charge is 0.230 e. The summed E-state index contributed by atoms with van der Waals surface area (Å²) in [5.41, 5.74) is 1.06. The molecular weight excluding hydrogens is 376 g/mol. The van der Waals surface area contributed by atoms with E-state index in [4.69, 9.17) is 9.15 Å². The van der Waals surface area contributed by atoms with Gasteiger partial charge in [0, 0.05) is 6.54 Å². The largest absolute Gasteiger partial charge is 0.485 e. The van der Waals surface area contributed by atoms with Gasteiger partial charge in [-0.2, -0.15) is 0 Å². The fourth-order valence-electron chi connectivity index (χ4n) is 2.49. The molecule has 0 aliphatic rings. The first-order chi connectivity index (χ1) is 13.7. The third-order valence-electron chi connectivity index (χ3n) is 3.93. The van der Waals surface area contributed by atoms with Crippen LogP contribution in [0, 0.1) is 6.92 Å². The third kappa shape index (κ3) is 5.26. The second-order valence-electron chi connectivity index (χ2n) is 6.00. The molecule has 3 rings (SSSR count). The monoisotopic (exact) mass is 398 g/mol. The van der Waals surface area contributed by atoms with E-state index in [0.29, 0.717) is 29.8 Å². The Kier molecular flexibility index (Phi) is 6.91. The predicted molar refractivity (Wildman–Crippen MR) is 107 cm³/mol. The van der Waals surface area contributed by atoms with E-state index < -0.39 is 0 Å². The highest BCUT2D eigenvalue weighted by atomic mass is 32.2. The molecule has 8 heteroatoms. The van der Waals surface area contributed by atoms with Crippen LogP contribution in [0.4, 0.5) is 0 Å². The van der Waals surface area contributed by atoms with Crippen molar-refractivity contribution in [2.75, 3.05) is 5.75 Å². The van der Waals surface area contributed by atoms with Crippen molar-refractivity contribution in [3.05, 3.63) is 72.5 Å². The molecule has 2 heterocycles. The van der Waals surface area contributed by atoms with Gasteiger partial charge in [0.15, 0.2) is 11.0 Å². The van der Waals surface area contributed by atoms with E-state index in [0.717, 1.165) is 11.3 Å². The van der Waals surface area contributed by atoms with Crippen LogP contribution < -0.4 is 10.1 Å². The van der Waals surface area contributed by atoms with Gasteiger partial charge in [0.05, 0.1) is 18.6 Å². The van der Waals surface area contributed by atoms with Crippen LogP contribution in [-0.2, 0) is 24.5 Å². The van der Waals surface area contributed by atoms with Gasteiger partial charge in [-0.15, -0.1) is 16.8 Å². The summed E-state index contributed by atoms with van der Waals surface area (Å²) in [6, 6.07) is 11.4. The number of carbonyl (C=O) groups excluding carboxylic acids is 1. The summed E-state index contributed by atoms with van der Waals surface area (Å²) in [4.78, 5) is 12.1. The minimum Gasteiger partial charge on any atom is -0.485 e. The van der Waals surface area contributed by atoms with E-state index in [2.05, 4.69) is 22.1 Å². The van der Waals surface area contributed by atoms with E-state index in [1.165, 1.54) is 11.8 Å². The zero-order valence-corrected chi connectivity index (χ0v) is 16.4. The molecule has 0 radical (unpaired) electrons. The molecule has 28 heavy (non-hydrogen) atoms. The van der Waals surface area contributed by atoms with Gasteiger partial charge in [-0.3, -0.25) is 9.36 Å². The maximum absolute atomic E-state index is 12.1. The molecule has 1 amide bonds. The van der Waals surface area contributed by atoms with Gasteiger partial charge in [-0.25, -0.2) is 0 Å². The number of aryl methyl sites for hydroxylation is 1. The molecule has 0 saturated heterocycles. The highest BCUT2D eigenvalue weighted by molar-refractivity contribution is 7.99. The van der Waals surface area contributed by atoms with E-state index in [9.17, 15) is 4.79 Å². The van der Waals surface area contributed by atoms with Crippen molar-refractivity contribution in [1.29, 1.82) is 0 Å². The van der Waals surface area contributed by atoms with Gasteiger partial charge in [0.1, 0.15) is 18.1 Å². The zero-order valence-electron chi connectivity index (χ0n) is 15.6. The zero-order chi connectivity index (χ0) is 19.8. The van der Waals surface area contributed by atoms with Crippen molar-refractivity contribution in [3.8, 4) is 5.75 Å². The minimum atomic E-state index is -0.104. The molecule has 0 saturated carbocycles. The van der Waals surface area contributed by atoms with Crippen molar-refractivity contribution in [2.45, 2.75) is 31.8 Å². The maximum atomic E-state index is 12.1. The molecule has 0 aliphatic carbocycles. The second kappa shape index (κ2) is 9.80. The maximum Gasteiger partial charge on any atom is 0.230 e. The van der Waals surface area contributed by atoms with Crippen LogP contribution in [0.3, 0.4) is 0 Å². The Labute approximate surface area is 167 Å². The number of nitrogens with zero attached hydrogens (tertiary/aromatic N) is 3. The molecule has 0 atom stereocenters. The van der Waals surface area contributed by atoms with Crippen LogP contribution in [0.15, 0.2) is 64.9 Å². The summed E-state index contributed by atoms with van der Waals surface area (Å²) in [5.74, 6) is 2.33. The number of aromatic nitrogens is 3. The fraction of sp³-hybridized carbons (Fsp3) is 0.250. The molecule has 0 unspecified atom stereocenters. The Balaban J connectivity index is 1.57. The summed E-state index contributed by atoms with van der Waals surface area (Å²) in [7, 11) is 0. The first-order valence-corrected chi connectivity index (χ1v) is 9.79. The molecule has 146 valence electrons. The lowest BCUT2D eigenvalue weighted by atomic mass is 10.2. The number of hydrogen-bond acceptors (Lipinski definition) is 6. The Morgan fingerprint density at radius 1 is 1.32 bits per heavy atom. The van der Waals surface area contributed by atoms with Crippen molar-refractivity contribution in [3.63, 3.8) is 0 Å². The molecule has 0 spiro atoms. The summed E-state index contributed by atoms with van der Waals surface area (Å²) >= 11 is 1.32. The van der Waals surface area contributed by atoms with Crippen molar-refractivity contribution >= 4 is 17.7 Å². The molecule has 0 aliphatic heterocycles. The fourth-order valence-corrected chi connectivity index (χ4v) is 3.28. The average Bonchev–Trinajstić information content (AvgIpc) is 3.35. The predicted octanol–water partition coefficient (Wildman–Crippen LogP) is 3.35. The average molecular weight is 398 g/mol. The first kappa shape index (κ1) is 19.8. The number of ether oxygens (including phenoxy) is 1. The molecule has 3 aromatic rings. The second-order valence-corrected chi connectivity index (χ2v) is 6.94. The topological polar surface area (TPSA) is 82.2 Å². The van der Waals surface area contributed by atoms with Crippen molar-refractivity contribution < 1.29 is 13.9 Å². The normalized spacial score (nSPS) is 10.6. The summed E-state index contributed by atoms with van der Waals surface area (Å²) in [6.07, 6.45) is 3.34. The molecule has 2 aromatic heterocycles. The van der Waals surface area contributed by atoms with E-state index in [1.54, 1.807) is 18.4 Å². The standard InChI is InChI=1S/C20H22N4O3S/c1-3-10-24-18(13-27-17-9-5-4-7-15(17)2)22-23-20(24)28-14-19(25)21-12-16-8-6-11-26-16/h3-9,11H,1,10,12-14H2,2H3,(H,21,25). The van der Waals surface area contributed by atoms with Gasteiger partial charge < -0.3 is 14.5 Å². The lowest BCUT2D eigenvalue weighted by molar-refractivity contribution is -0.118. The van der Waals surface area contributed by atoms with E-state index in [1.807, 2.05) is 41.8 Å². The SMILES string of the molecule is C=CCn1c(COc2ccccc2C)nnc1SCC(=O)NCc1ccco1. The number of carbonyl (C=O) groups is 1. The quantitative estimate of drug-likeness (QED) is 0.417. The number of rotatable bonds is 10. The van der Waals surface area contributed by atoms with Gasteiger partial charge in [-0.1, -0.05) is 36.0 Å².